The van der Waals surface area contributed by atoms with Gasteiger partial charge in [-0.05, 0) is 25.0 Å². The number of nitrogens with zero attached hydrogens (tertiary/aromatic N) is 1. The highest BCUT2D eigenvalue weighted by Gasteiger charge is 2.36. The van der Waals surface area contributed by atoms with Crippen LogP contribution in [0.25, 0.3) is 11.0 Å². The van der Waals surface area contributed by atoms with E-state index >= 15 is 0 Å². The zero-order valence-electron chi connectivity index (χ0n) is 9.77. The van der Waals surface area contributed by atoms with Gasteiger partial charge in [0.15, 0.2) is 0 Å². The van der Waals surface area contributed by atoms with E-state index in [2.05, 4.69) is 21.8 Å². The van der Waals surface area contributed by atoms with Gasteiger partial charge in [-0.2, -0.15) is 0 Å². The molecule has 0 atom stereocenters. The predicted molar refractivity (Wildman–Crippen MR) is 78.2 cm³/mol. The molecule has 2 heterocycles. The van der Waals surface area contributed by atoms with Crippen molar-refractivity contribution in [2.24, 2.45) is 5.73 Å². The number of nitrogens with one attached hydrogen (secondary N) is 1. The third-order valence-corrected chi connectivity index (χ3v) is 2.97. The Morgan fingerprint density at radius 2 is 2.17 bits per heavy atom. The van der Waals surface area contributed by atoms with Crippen LogP contribution in [-0.2, 0) is 0 Å². The molecule has 0 unspecified atom stereocenters. The second-order valence-electron chi connectivity index (χ2n) is 4.48. The molecule has 0 aromatic carbocycles. The normalized spacial score (nSPS) is 14.9. The summed E-state index contributed by atoms with van der Waals surface area (Å²) in [6, 6.07) is 4.04. The third-order valence-electron chi connectivity index (χ3n) is 2.97. The Hall–Kier alpha value is -1.21. The largest absolute Gasteiger partial charge is 0.346 e. The fourth-order valence-electron chi connectivity index (χ4n) is 1.67. The van der Waals surface area contributed by atoms with Crippen molar-refractivity contribution in [2.75, 3.05) is 0 Å². The quantitative estimate of drug-likeness (QED) is 0.791. The smallest absolute Gasteiger partial charge is 0.137 e. The second kappa shape index (κ2) is 5.62. The Balaban J connectivity index is 0.000000810. The molecular weight excluding hydrogens is 269 g/mol. The summed E-state index contributed by atoms with van der Waals surface area (Å²) in [6.07, 6.45) is 6.68. The predicted octanol–water partition coefficient (Wildman–Crippen LogP) is 2.64. The number of aromatic amines is 1. The Morgan fingerprint density at radius 1 is 1.39 bits per heavy atom. The summed E-state index contributed by atoms with van der Waals surface area (Å²) in [6.45, 7) is 0. The van der Waals surface area contributed by atoms with E-state index < -0.39 is 0 Å². The summed E-state index contributed by atoms with van der Waals surface area (Å²) in [7, 11) is 0. The number of nitrogens with two attached hydrogens (primary N) is 1. The minimum absolute atomic E-state index is 0. The molecule has 1 aliphatic carbocycles. The maximum atomic E-state index is 5.96. The van der Waals surface area contributed by atoms with Gasteiger partial charge in [0.25, 0.3) is 0 Å². The van der Waals surface area contributed by atoms with Gasteiger partial charge < -0.3 is 10.7 Å². The molecule has 3 N–H and O–H groups in total. The number of pyridine rings is 1. The molecule has 3 nitrogen and oxygen atoms in total. The summed E-state index contributed by atoms with van der Waals surface area (Å²) < 4.78 is 0. The van der Waals surface area contributed by atoms with E-state index in [4.69, 9.17) is 5.73 Å². The van der Waals surface area contributed by atoms with Gasteiger partial charge in [0.05, 0.1) is 0 Å². The van der Waals surface area contributed by atoms with Crippen LogP contribution >= 0.6 is 24.8 Å². The van der Waals surface area contributed by atoms with Crippen LogP contribution in [0.4, 0.5) is 0 Å². The van der Waals surface area contributed by atoms with Gasteiger partial charge >= 0.3 is 0 Å². The molecule has 0 spiro atoms. The molecule has 0 radical (unpaired) electrons. The Kier molecular flexibility index (Phi) is 4.64. The van der Waals surface area contributed by atoms with Crippen LogP contribution in [0, 0.1) is 11.8 Å². The van der Waals surface area contributed by atoms with Gasteiger partial charge in [-0.25, -0.2) is 4.98 Å². The Labute approximate surface area is 118 Å². The highest BCUT2D eigenvalue weighted by atomic mass is 35.5. The van der Waals surface area contributed by atoms with Crippen molar-refractivity contribution in [3.05, 3.63) is 30.1 Å². The van der Waals surface area contributed by atoms with E-state index in [1.165, 1.54) is 0 Å². The first-order chi connectivity index (χ1) is 7.75. The highest BCUT2D eigenvalue weighted by Crippen LogP contribution is 2.34. The van der Waals surface area contributed by atoms with Crippen molar-refractivity contribution in [1.82, 2.24) is 9.97 Å². The summed E-state index contributed by atoms with van der Waals surface area (Å²) >= 11 is 0. The number of rotatable bonds is 1. The van der Waals surface area contributed by atoms with Gasteiger partial charge in [0.1, 0.15) is 5.65 Å². The zero-order chi connectivity index (χ0) is 11.0. The molecule has 0 amide bonds. The SMILES string of the molecule is Cl.Cl.NC1(CC#Cc2cnc3[nH]ccc3c2)CC1. The lowest BCUT2D eigenvalue weighted by molar-refractivity contribution is 0.701. The first-order valence-corrected chi connectivity index (χ1v) is 5.46. The van der Waals surface area contributed by atoms with Crippen LogP contribution in [0.3, 0.4) is 0 Å². The zero-order valence-corrected chi connectivity index (χ0v) is 11.4. The van der Waals surface area contributed by atoms with E-state index in [1.807, 2.05) is 18.3 Å². The average molecular weight is 284 g/mol. The number of hydrogen-bond acceptors (Lipinski definition) is 2. The van der Waals surface area contributed by atoms with E-state index in [9.17, 15) is 0 Å². The Bertz CT molecular complexity index is 591. The van der Waals surface area contributed by atoms with E-state index in [0.29, 0.717) is 0 Å². The van der Waals surface area contributed by atoms with Gasteiger partial charge in [-0.3, -0.25) is 0 Å². The van der Waals surface area contributed by atoms with Gasteiger partial charge in [0, 0.05) is 35.3 Å². The minimum atomic E-state index is 0. The standard InChI is InChI=1S/C13H13N3.2ClH/c14-13(5-6-13)4-1-2-10-8-11-3-7-15-12(11)16-9-10;;/h3,7-9H,4-6,14H2,(H,15,16);2*1H. The molecule has 2 aromatic rings. The van der Waals surface area contributed by atoms with Crippen LogP contribution in [0.2, 0.25) is 0 Å². The molecule has 0 saturated heterocycles. The van der Waals surface area contributed by atoms with E-state index in [-0.39, 0.29) is 30.4 Å². The number of fused-ring (bicyclic) bond motifs is 1. The summed E-state index contributed by atoms with van der Waals surface area (Å²) in [5, 5.41) is 1.10. The third kappa shape index (κ3) is 3.17. The molecule has 0 bridgehead atoms. The van der Waals surface area contributed by atoms with Crippen LogP contribution in [-0.4, -0.2) is 15.5 Å². The van der Waals surface area contributed by atoms with Crippen molar-refractivity contribution in [3.8, 4) is 11.8 Å². The van der Waals surface area contributed by atoms with E-state index in [1.54, 1.807) is 6.20 Å². The monoisotopic (exact) mass is 283 g/mol. The first-order valence-electron chi connectivity index (χ1n) is 5.46. The number of aromatic nitrogens is 2. The van der Waals surface area contributed by atoms with Crippen molar-refractivity contribution >= 4 is 35.8 Å². The van der Waals surface area contributed by atoms with Gasteiger partial charge in [-0.15, -0.1) is 24.8 Å². The van der Waals surface area contributed by atoms with Crippen molar-refractivity contribution < 1.29 is 0 Å². The van der Waals surface area contributed by atoms with Crippen molar-refractivity contribution in [1.29, 1.82) is 0 Å². The first kappa shape index (κ1) is 14.8. The summed E-state index contributed by atoms with van der Waals surface area (Å²) in [5.41, 5.74) is 7.83. The molecule has 0 aliphatic heterocycles. The highest BCUT2D eigenvalue weighted by molar-refractivity contribution is 5.85. The Morgan fingerprint density at radius 3 is 2.89 bits per heavy atom. The lowest BCUT2D eigenvalue weighted by atomic mass is 10.2. The number of H-pyrrole nitrogens is 1. The molecule has 1 fully saturated rings. The topological polar surface area (TPSA) is 54.7 Å². The fourth-order valence-corrected chi connectivity index (χ4v) is 1.67. The lowest BCUT2D eigenvalue weighted by Gasteiger charge is -1.99. The molecule has 5 heteroatoms. The second-order valence-corrected chi connectivity index (χ2v) is 4.48. The molecule has 96 valence electrons. The van der Waals surface area contributed by atoms with Crippen LogP contribution in [0.5, 0.6) is 0 Å². The van der Waals surface area contributed by atoms with E-state index in [0.717, 1.165) is 35.9 Å². The molecule has 1 saturated carbocycles. The molecular formula is C13H15Cl2N3. The molecule has 3 rings (SSSR count). The lowest BCUT2D eigenvalue weighted by Crippen LogP contribution is -2.20. The van der Waals surface area contributed by atoms with Crippen LogP contribution in [0.1, 0.15) is 24.8 Å². The molecule has 2 aromatic heterocycles. The van der Waals surface area contributed by atoms with Crippen molar-refractivity contribution in [3.63, 3.8) is 0 Å². The number of hydrogen-bond donors (Lipinski definition) is 2. The van der Waals surface area contributed by atoms with Crippen molar-refractivity contribution in [2.45, 2.75) is 24.8 Å². The number of halogens is 2. The van der Waals surface area contributed by atoms with Gasteiger partial charge in [-0.1, -0.05) is 11.8 Å². The maximum absolute atomic E-state index is 5.96. The van der Waals surface area contributed by atoms with Gasteiger partial charge in [0.2, 0.25) is 0 Å². The fraction of sp³-hybridized carbons (Fsp3) is 0.308. The maximum Gasteiger partial charge on any atom is 0.137 e. The summed E-state index contributed by atoms with van der Waals surface area (Å²) in [4.78, 5) is 7.34. The van der Waals surface area contributed by atoms with Crippen LogP contribution in [0.15, 0.2) is 24.5 Å². The van der Waals surface area contributed by atoms with Crippen LogP contribution < -0.4 is 5.73 Å². The summed E-state index contributed by atoms with van der Waals surface area (Å²) in [5.74, 6) is 6.25. The molecule has 1 aliphatic rings. The molecule has 18 heavy (non-hydrogen) atoms. The average Bonchev–Trinajstić information content (AvgIpc) is 2.84. The minimum Gasteiger partial charge on any atom is -0.346 e.